The van der Waals surface area contributed by atoms with Crippen molar-refractivity contribution in [3.05, 3.63) is 52.7 Å². The van der Waals surface area contributed by atoms with Crippen molar-refractivity contribution in [2.75, 3.05) is 26.2 Å². The molecular formula is C26H32N6O2. The summed E-state index contributed by atoms with van der Waals surface area (Å²) in [6.07, 6.45) is 5.84. The summed E-state index contributed by atoms with van der Waals surface area (Å²) in [7, 11) is 1.74. The molecule has 0 unspecified atom stereocenters. The number of rotatable bonds is 7. The van der Waals surface area contributed by atoms with Gasteiger partial charge in [0.15, 0.2) is 5.65 Å². The predicted molar refractivity (Wildman–Crippen MR) is 134 cm³/mol. The van der Waals surface area contributed by atoms with E-state index in [2.05, 4.69) is 32.2 Å². The minimum Gasteiger partial charge on any atom is -0.374 e. The maximum atomic E-state index is 12.8. The number of piperidine rings is 1. The number of fused-ring (bicyclic) bond motifs is 3. The van der Waals surface area contributed by atoms with Crippen LogP contribution >= 0.6 is 0 Å². The molecule has 1 saturated heterocycles. The van der Waals surface area contributed by atoms with E-state index in [0.29, 0.717) is 12.3 Å². The largest absolute Gasteiger partial charge is 0.374 e. The van der Waals surface area contributed by atoms with Gasteiger partial charge in [0.1, 0.15) is 5.52 Å². The number of nitrogens with zero attached hydrogens (tertiary/aromatic N) is 6. The Kier molecular flexibility index (Phi) is 6.43. The molecule has 1 aliphatic rings. The fourth-order valence-electron chi connectivity index (χ4n) is 4.79. The second-order valence-electron chi connectivity index (χ2n) is 9.40. The molecule has 0 radical (unpaired) electrons. The highest BCUT2D eigenvalue weighted by Crippen LogP contribution is 2.28. The molecule has 8 nitrogen and oxygen atoms in total. The van der Waals surface area contributed by atoms with Crippen molar-refractivity contribution >= 4 is 22.1 Å². The van der Waals surface area contributed by atoms with Crippen LogP contribution in [0.3, 0.4) is 0 Å². The topological polar surface area (TPSA) is 78.1 Å². The average Bonchev–Trinajstić information content (AvgIpc) is 3.13. The van der Waals surface area contributed by atoms with Crippen LogP contribution < -0.4 is 5.69 Å². The van der Waals surface area contributed by atoms with Crippen molar-refractivity contribution in [3.63, 3.8) is 0 Å². The van der Waals surface area contributed by atoms with Gasteiger partial charge in [-0.05, 0) is 63.5 Å². The van der Waals surface area contributed by atoms with Gasteiger partial charge in [-0.1, -0.05) is 18.6 Å². The molecule has 0 atom stereocenters. The highest BCUT2D eigenvalue weighted by atomic mass is 16.5. The van der Waals surface area contributed by atoms with Gasteiger partial charge in [-0.2, -0.15) is 0 Å². The first-order valence-corrected chi connectivity index (χ1v) is 12.2. The van der Waals surface area contributed by atoms with Crippen molar-refractivity contribution < 1.29 is 4.74 Å². The van der Waals surface area contributed by atoms with Crippen LogP contribution in [-0.4, -0.2) is 55.5 Å². The first kappa shape index (κ1) is 22.7. The predicted octanol–water partition coefficient (Wildman–Crippen LogP) is 3.93. The third-order valence-corrected chi connectivity index (χ3v) is 6.69. The van der Waals surface area contributed by atoms with Gasteiger partial charge in [0.2, 0.25) is 0 Å². The Morgan fingerprint density at radius 2 is 1.82 bits per heavy atom. The summed E-state index contributed by atoms with van der Waals surface area (Å²) in [5.74, 6) is 0. The Morgan fingerprint density at radius 3 is 2.56 bits per heavy atom. The van der Waals surface area contributed by atoms with Crippen LogP contribution in [0.15, 0.2) is 41.3 Å². The Balaban J connectivity index is 1.36. The minimum absolute atomic E-state index is 0.0168. The molecule has 0 N–H and O–H groups in total. The lowest BCUT2D eigenvalue weighted by Gasteiger charge is -2.26. The van der Waals surface area contributed by atoms with Gasteiger partial charge in [0.25, 0.3) is 0 Å². The highest BCUT2D eigenvalue weighted by Gasteiger charge is 2.18. The van der Waals surface area contributed by atoms with Crippen molar-refractivity contribution in [3.8, 4) is 11.1 Å². The van der Waals surface area contributed by atoms with E-state index < -0.39 is 0 Å². The lowest BCUT2D eigenvalue weighted by molar-refractivity contribution is 0.0845. The van der Waals surface area contributed by atoms with E-state index in [1.54, 1.807) is 16.2 Å². The quantitative estimate of drug-likeness (QED) is 0.389. The molecule has 3 aromatic heterocycles. The van der Waals surface area contributed by atoms with Gasteiger partial charge in [-0.15, -0.1) is 10.2 Å². The molecule has 1 aromatic carbocycles. The van der Waals surface area contributed by atoms with Gasteiger partial charge in [-0.3, -0.25) is 14.1 Å². The summed E-state index contributed by atoms with van der Waals surface area (Å²) in [6.45, 7) is 8.65. The lowest BCUT2D eigenvalue weighted by atomic mass is 10.0. The maximum absolute atomic E-state index is 12.8. The number of imidazole rings is 1. The number of hydrogen-bond donors (Lipinski definition) is 0. The van der Waals surface area contributed by atoms with Gasteiger partial charge < -0.3 is 9.64 Å². The SMILES string of the molecule is CC(C)n1c(=O)n(C)c2nnc3ccc(-c4ccc(COCCN5CCCCC5)nc4)cc3c21. The molecule has 0 aliphatic carbocycles. The second kappa shape index (κ2) is 9.64. The zero-order valence-corrected chi connectivity index (χ0v) is 20.2. The number of pyridine rings is 1. The van der Waals surface area contributed by atoms with Crippen LogP contribution in [-0.2, 0) is 18.4 Å². The average molecular weight is 461 g/mol. The Labute approximate surface area is 199 Å². The van der Waals surface area contributed by atoms with E-state index in [4.69, 9.17) is 4.74 Å². The van der Waals surface area contributed by atoms with E-state index in [0.717, 1.165) is 46.4 Å². The van der Waals surface area contributed by atoms with Gasteiger partial charge in [0, 0.05) is 36.8 Å². The van der Waals surface area contributed by atoms with Crippen LogP contribution in [0.5, 0.6) is 0 Å². The number of benzene rings is 1. The molecule has 5 rings (SSSR count). The normalized spacial score (nSPS) is 15.1. The molecule has 0 saturated carbocycles. The fourth-order valence-corrected chi connectivity index (χ4v) is 4.79. The molecule has 0 amide bonds. The number of aromatic nitrogens is 5. The van der Waals surface area contributed by atoms with E-state index >= 15 is 0 Å². The second-order valence-corrected chi connectivity index (χ2v) is 9.40. The number of likely N-dealkylation sites (tertiary alicyclic amines) is 1. The Morgan fingerprint density at radius 1 is 1.03 bits per heavy atom. The number of hydrogen-bond acceptors (Lipinski definition) is 6. The standard InChI is InChI=1S/C26H32N6O2/c1-18(2)32-24-22-15-19(8-10-23(22)28-29-25(24)30(3)26(32)33)20-7-9-21(27-16-20)17-34-14-13-31-11-5-4-6-12-31/h7-10,15-16,18H,4-6,11-14,17H2,1-3H3. The number of ether oxygens (including phenoxy) is 1. The van der Waals surface area contributed by atoms with E-state index in [-0.39, 0.29) is 11.7 Å². The molecule has 4 heterocycles. The monoisotopic (exact) mass is 460 g/mol. The molecule has 0 bridgehead atoms. The summed E-state index contributed by atoms with van der Waals surface area (Å²) < 4.78 is 9.22. The summed E-state index contributed by atoms with van der Waals surface area (Å²) in [4.78, 5) is 19.9. The van der Waals surface area contributed by atoms with Gasteiger partial charge in [-0.25, -0.2) is 4.79 Å². The van der Waals surface area contributed by atoms with Crippen LogP contribution in [0.1, 0.15) is 44.8 Å². The Bertz CT molecular complexity index is 1350. The smallest absolute Gasteiger partial charge is 0.330 e. The lowest BCUT2D eigenvalue weighted by Crippen LogP contribution is -2.32. The zero-order chi connectivity index (χ0) is 23.7. The zero-order valence-electron chi connectivity index (χ0n) is 20.2. The first-order valence-electron chi connectivity index (χ1n) is 12.2. The summed E-state index contributed by atoms with van der Waals surface area (Å²) in [6, 6.07) is 10.2. The van der Waals surface area contributed by atoms with E-state index in [1.165, 1.54) is 32.4 Å². The molecule has 178 valence electrons. The van der Waals surface area contributed by atoms with Crippen LogP contribution in [0.2, 0.25) is 0 Å². The van der Waals surface area contributed by atoms with Crippen molar-refractivity contribution in [2.24, 2.45) is 7.05 Å². The van der Waals surface area contributed by atoms with Crippen LogP contribution in [0.4, 0.5) is 0 Å². The summed E-state index contributed by atoms with van der Waals surface area (Å²) in [5.41, 5.74) is 5.07. The third kappa shape index (κ3) is 4.35. The summed E-state index contributed by atoms with van der Waals surface area (Å²) in [5, 5.41) is 9.58. The van der Waals surface area contributed by atoms with Crippen molar-refractivity contribution in [1.82, 2.24) is 29.2 Å². The highest BCUT2D eigenvalue weighted by molar-refractivity contribution is 6.02. The van der Waals surface area contributed by atoms with E-state index in [1.807, 2.05) is 38.2 Å². The molecule has 1 aliphatic heterocycles. The van der Waals surface area contributed by atoms with Crippen LogP contribution in [0, 0.1) is 0 Å². The Hall–Kier alpha value is -3.10. The minimum atomic E-state index is -0.0801. The fraction of sp³-hybridized carbons (Fsp3) is 0.462. The first-order chi connectivity index (χ1) is 16.5. The molecule has 4 aromatic rings. The van der Waals surface area contributed by atoms with Crippen molar-refractivity contribution in [1.29, 1.82) is 0 Å². The van der Waals surface area contributed by atoms with Gasteiger partial charge in [0.05, 0.1) is 24.4 Å². The molecular weight excluding hydrogens is 428 g/mol. The number of aryl methyl sites for hydroxylation is 1. The van der Waals surface area contributed by atoms with Crippen LogP contribution in [0.25, 0.3) is 33.2 Å². The molecule has 8 heteroatoms. The van der Waals surface area contributed by atoms with Crippen molar-refractivity contribution in [2.45, 2.75) is 45.8 Å². The van der Waals surface area contributed by atoms with Gasteiger partial charge >= 0.3 is 5.69 Å². The molecule has 0 spiro atoms. The molecule has 1 fully saturated rings. The van der Waals surface area contributed by atoms with E-state index in [9.17, 15) is 4.79 Å². The summed E-state index contributed by atoms with van der Waals surface area (Å²) >= 11 is 0. The third-order valence-electron chi connectivity index (χ3n) is 6.69. The molecule has 34 heavy (non-hydrogen) atoms. The maximum Gasteiger partial charge on any atom is 0.330 e.